The number of aliphatic hydroxyl groups excluding tert-OH is 1. The number of aliphatic hydroxyl groups is 1. The van der Waals surface area contributed by atoms with Gasteiger partial charge < -0.3 is 14.0 Å². The van der Waals surface area contributed by atoms with E-state index < -0.39 is 8.41 Å². The maximum absolute atomic E-state index is 15.4. The van der Waals surface area contributed by atoms with Crippen molar-refractivity contribution in [1.29, 1.82) is 0 Å². The maximum atomic E-state index is 15.4. The van der Waals surface area contributed by atoms with E-state index in [1.54, 1.807) is 22.5 Å². The van der Waals surface area contributed by atoms with Gasteiger partial charge in [0.1, 0.15) is 0 Å². The summed E-state index contributed by atoms with van der Waals surface area (Å²) in [7, 11) is -2.95. The SMILES string of the molecule is C[C@@H]1[C@@H]([Si](C)(C)F)[C@H](CCn2cc(CCO)nn2)O[C@@H]1CCc1ccc(-n2[nH]c3ccccc3c2=O)cc1. The number of benzene rings is 2. The Hall–Kier alpha value is -3.08. The van der Waals surface area contributed by atoms with E-state index in [4.69, 9.17) is 9.84 Å². The molecule has 0 spiro atoms. The number of hydrogen-bond donors (Lipinski definition) is 2. The minimum atomic E-state index is -2.95. The molecule has 0 saturated carbocycles. The highest BCUT2D eigenvalue weighted by molar-refractivity contribution is 6.72. The van der Waals surface area contributed by atoms with Gasteiger partial charge >= 0.3 is 0 Å². The van der Waals surface area contributed by atoms with E-state index in [9.17, 15) is 4.79 Å². The second-order valence-electron chi connectivity index (χ2n) is 10.9. The van der Waals surface area contributed by atoms with Crippen LogP contribution < -0.4 is 5.56 Å². The van der Waals surface area contributed by atoms with Crippen molar-refractivity contribution in [2.24, 2.45) is 5.92 Å². The minimum Gasteiger partial charge on any atom is -0.396 e. The van der Waals surface area contributed by atoms with Crippen LogP contribution in [-0.4, -0.2) is 57.1 Å². The van der Waals surface area contributed by atoms with E-state index in [1.807, 2.05) is 54.7 Å². The molecule has 2 N–H and O–H groups in total. The van der Waals surface area contributed by atoms with Gasteiger partial charge in [0.25, 0.3) is 5.56 Å². The fourth-order valence-corrected chi connectivity index (χ4v) is 8.54. The third-order valence-electron chi connectivity index (χ3n) is 7.80. The molecule has 10 heteroatoms. The highest BCUT2D eigenvalue weighted by atomic mass is 28.4. The number of fused-ring (bicyclic) bond motifs is 1. The normalized spacial score (nSPS) is 21.9. The summed E-state index contributed by atoms with van der Waals surface area (Å²) in [5.41, 5.74) is 3.37. The van der Waals surface area contributed by atoms with E-state index in [2.05, 4.69) is 22.3 Å². The summed E-state index contributed by atoms with van der Waals surface area (Å²) in [4.78, 5) is 12.7. The fraction of sp³-hybridized carbons (Fsp3) is 0.464. The largest absolute Gasteiger partial charge is 0.396 e. The monoisotopic (exact) mass is 537 g/mol. The van der Waals surface area contributed by atoms with Crippen molar-refractivity contribution in [2.45, 2.75) is 70.0 Å². The molecule has 202 valence electrons. The Balaban J connectivity index is 1.23. The highest BCUT2D eigenvalue weighted by Gasteiger charge is 2.50. The molecule has 1 aliphatic heterocycles. The molecule has 1 fully saturated rings. The van der Waals surface area contributed by atoms with E-state index in [0.717, 1.165) is 35.3 Å². The first kappa shape index (κ1) is 26.5. The van der Waals surface area contributed by atoms with Crippen LogP contribution >= 0.6 is 0 Å². The zero-order valence-corrected chi connectivity index (χ0v) is 23.2. The van der Waals surface area contributed by atoms with Crippen LogP contribution in [0.4, 0.5) is 4.11 Å². The Labute approximate surface area is 222 Å². The molecule has 0 unspecified atom stereocenters. The van der Waals surface area contributed by atoms with Gasteiger partial charge in [0, 0.05) is 31.3 Å². The molecule has 8 nitrogen and oxygen atoms in total. The van der Waals surface area contributed by atoms with Gasteiger partial charge in [-0.1, -0.05) is 36.4 Å². The lowest BCUT2D eigenvalue weighted by Gasteiger charge is -2.28. The van der Waals surface area contributed by atoms with Gasteiger partial charge in [0.15, 0.2) is 0 Å². The standard InChI is InChI=1S/C28H36FN5O3Si/c1-19-25(37-26(27(19)38(2,3)29)14-16-33-18-21(15-17-35)30-32-33)13-10-20-8-11-22(12-9-20)34-28(36)23-6-4-5-7-24(23)31-34/h4-9,11-12,18-19,25-27,31,35H,10,13-17H2,1-3H3/t19-,25+,26-,27+/m0/s1. The van der Waals surface area contributed by atoms with Gasteiger partial charge in [0.05, 0.1) is 34.5 Å². The molecular formula is C28H36FN5O3Si. The molecule has 38 heavy (non-hydrogen) atoms. The van der Waals surface area contributed by atoms with Crippen LogP contribution in [0.2, 0.25) is 18.6 Å². The zero-order chi connectivity index (χ0) is 26.9. The molecule has 1 aliphatic rings. The average molecular weight is 538 g/mol. The quantitative estimate of drug-likeness (QED) is 0.231. The maximum Gasteiger partial charge on any atom is 0.279 e. The summed E-state index contributed by atoms with van der Waals surface area (Å²) < 4.78 is 25.3. The summed E-state index contributed by atoms with van der Waals surface area (Å²) in [5.74, 6) is 0.136. The number of aromatic amines is 1. The van der Waals surface area contributed by atoms with Gasteiger partial charge in [-0.15, -0.1) is 5.10 Å². The number of nitrogens with one attached hydrogen (secondary N) is 1. The molecule has 0 radical (unpaired) electrons. The summed E-state index contributed by atoms with van der Waals surface area (Å²) in [6.07, 6.45) is 4.47. The Bertz CT molecular complexity index is 1420. The second kappa shape index (κ2) is 11.0. The molecule has 1 saturated heterocycles. The molecule has 4 aromatic rings. The molecule has 0 bridgehead atoms. The molecule has 2 aromatic carbocycles. The predicted octanol–water partition coefficient (Wildman–Crippen LogP) is 4.42. The lowest BCUT2D eigenvalue weighted by atomic mass is 9.95. The van der Waals surface area contributed by atoms with Gasteiger partial charge in [-0.05, 0) is 68.1 Å². The van der Waals surface area contributed by atoms with E-state index in [1.165, 1.54) is 0 Å². The van der Waals surface area contributed by atoms with Gasteiger partial charge in [-0.2, -0.15) is 0 Å². The van der Waals surface area contributed by atoms with Crippen LogP contribution in [0.5, 0.6) is 0 Å². The molecule has 4 atom stereocenters. The number of aromatic nitrogens is 5. The number of aryl methyl sites for hydroxylation is 2. The first-order chi connectivity index (χ1) is 18.2. The molecule has 0 amide bonds. The Morgan fingerprint density at radius 3 is 2.55 bits per heavy atom. The summed E-state index contributed by atoms with van der Waals surface area (Å²) in [6, 6.07) is 15.5. The summed E-state index contributed by atoms with van der Waals surface area (Å²) >= 11 is 0. The van der Waals surface area contributed by atoms with Crippen LogP contribution in [0.15, 0.2) is 59.5 Å². The van der Waals surface area contributed by atoms with Crippen LogP contribution in [-0.2, 0) is 24.1 Å². The van der Waals surface area contributed by atoms with Crippen molar-refractivity contribution in [3.63, 3.8) is 0 Å². The van der Waals surface area contributed by atoms with Crippen LogP contribution in [0.1, 0.15) is 31.0 Å². The number of ether oxygens (including phenoxy) is 1. The molecule has 0 aliphatic carbocycles. The van der Waals surface area contributed by atoms with Crippen molar-refractivity contribution in [3.8, 4) is 5.69 Å². The Kier molecular flexibility index (Phi) is 7.65. The smallest absolute Gasteiger partial charge is 0.279 e. The molecular weight excluding hydrogens is 501 g/mol. The van der Waals surface area contributed by atoms with E-state index >= 15 is 4.11 Å². The third kappa shape index (κ3) is 5.52. The number of rotatable bonds is 10. The molecule has 2 aromatic heterocycles. The van der Waals surface area contributed by atoms with Crippen molar-refractivity contribution in [3.05, 3.63) is 76.3 Å². The predicted molar refractivity (Wildman–Crippen MR) is 148 cm³/mol. The Morgan fingerprint density at radius 1 is 1.08 bits per heavy atom. The van der Waals surface area contributed by atoms with Gasteiger partial charge in [-0.25, -0.2) is 4.68 Å². The first-order valence-corrected chi connectivity index (χ1v) is 16.3. The first-order valence-electron chi connectivity index (χ1n) is 13.4. The van der Waals surface area contributed by atoms with Crippen LogP contribution in [0.25, 0.3) is 16.6 Å². The number of H-pyrrole nitrogens is 1. The van der Waals surface area contributed by atoms with E-state index in [0.29, 0.717) is 24.8 Å². The topological polar surface area (TPSA) is 98.0 Å². The third-order valence-corrected chi connectivity index (χ3v) is 10.3. The number of para-hydroxylation sites is 1. The number of hydrogen-bond acceptors (Lipinski definition) is 5. The lowest BCUT2D eigenvalue weighted by molar-refractivity contribution is 0.0247. The van der Waals surface area contributed by atoms with Crippen molar-refractivity contribution in [2.75, 3.05) is 6.61 Å². The Morgan fingerprint density at radius 2 is 1.84 bits per heavy atom. The van der Waals surface area contributed by atoms with Crippen molar-refractivity contribution in [1.82, 2.24) is 24.8 Å². The molecule has 3 heterocycles. The highest BCUT2D eigenvalue weighted by Crippen LogP contribution is 2.47. The molecule has 5 rings (SSSR count). The van der Waals surface area contributed by atoms with Crippen molar-refractivity contribution >= 4 is 19.3 Å². The second-order valence-corrected chi connectivity index (χ2v) is 14.7. The minimum absolute atomic E-state index is 0.00998. The lowest BCUT2D eigenvalue weighted by Crippen LogP contribution is -2.36. The van der Waals surface area contributed by atoms with Crippen molar-refractivity contribution < 1.29 is 14.0 Å². The van der Waals surface area contributed by atoms with Gasteiger partial charge in [0.2, 0.25) is 8.41 Å². The number of halogens is 1. The zero-order valence-electron chi connectivity index (χ0n) is 22.2. The van der Waals surface area contributed by atoms with Gasteiger partial charge in [-0.3, -0.25) is 14.6 Å². The van der Waals surface area contributed by atoms with Crippen LogP contribution in [0.3, 0.4) is 0 Å². The summed E-state index contributed by atoms with van der Waals surface area (Å²) in [5, 5.41) is 21.2. The average Bonchev–Trinajstić information content (AvgIpc) is 3.57. The number of nitrogens with zero attached hydrogens (tertiary/aromatic N) is 4. The summed E-state index contributed by atoms with van der Waals surface area (Å²) in [6.45, 7) is 6.35. The fourth-order valence-electron chi connectivity index (χ4n) is 5.95. The van der Waals surface area contributed by atoms with E-state index in [-0.39, 0.29) is 35.8 Å². The van der Waals surface area contributed by atoms with Crippen LogP contribution in [0, 0.1) is 5.92 Å².